The Morgan fingerprint density at radius 2 is 1.90 bits per heavy atom. The Morgan fingerprint density at radius 1 is 1.24 bits per heavy atom. The van der Waals surface area contributed by atoms with Crippen LogP contribution in [-0.4, -0.2) is 21.5 Å². The van der Waals surface area contributed by atoms with Gasteiger partial charge >= 0.3 is 6.61 Å². The summed E-state index contributed by atoms with van der Waals surface area (Å²) in [6, 6.07) is 6.48. The average Bonchev–Trinajstić information content (AvgIpc) is 2.37. The maximum Gasteiger partial charge on any atom is 0.387 e. The van der Waals surface area contributed by atoms with Gasteiger partial charge < -0.3 is 13.9 Å². The summed E-state index contributed by atoms with van der Waals surface area (Å²) >= 11 is 0. The van der Waals surface area contributed by atoms with Gasteiger partial charge in [0.15, 0.2) is 25.9 Å². The molecule has 1 rings (SSSR count). The minimum atomic E-state index is -2.93. The minimum Gasteiger partial charge on any atom is -0.490 e. The van der Waals surface area contributed by atoms with Crippen molar-refractivity contribution in [1.29, 1.82) is 5.26 Å². The summed E-state index contributed by atoms with van der Waals surface area (Å²) in [6.07, 6.45) is -0.753. The van der Waals surface area contributed by atoms with Gasteiger partial charge in [0.05, 0.1) is 12.7 Å². The van der Waals surface area contributed by atoms with E-state index in [4.69, 9.17) is 9.16 Å². The molecule has 0 aromatic heterocycles. The number of rotatable bonds is 7. The molecule has 0 aliphatic heterocycles. The second-order valence-electron chi connectivity index (χ2n) is 5.26. The first-order chi connectivity index (χ1) is 9.76. The van der Waals surface area contributed by atoms with E-state index in [-0.39, 0.29) is 11.5 Å². The molecule has 1 unspecified atom stereocenters. The fraction of sp³-hybridized carbons (Fsp3) is 0.500. The van der Waals surface area contributed by atoms with Crippen LogP contribution in [0.5, 0.6) is 11.5 Å². The molecule has 4 nitrogen and oxygen atoms in total. The monoisotopic (exact) mass is 315 g/mol. The Kier molecular flexibility index (Phi) is 6.12. The van der Waals surface area contributed by atoms with E-state index < -0.39 is 21.0 Å². The molecule has 0 spiro atoms. The molecule has 0 aliphatic rings. The number of alkyl halides is 2. The molecular formula is C14H19F2NO3Si. The van der Waals surface area contributed by atoms with Crippen LogP contribution >= 0.6 is 0 Å². The van der Waals surface area contributed by atoms with Crippen molar-refractivity contribution in [2.24, 2.45) is 0 Å². The Labute approximate surface area is 124 Å². The summed E-state index contributed by atoms with van der Waals surface area (Å²) in [5.41, 5.74) is 0.560. The molecule has 1 aromatic rings. The molecule has 7 heteroatoms. The van der Waals surface area contributed by atoms with Crippen LogP contribution in [-0.2, 0) is 4.43 Å². The third-order valence-electron chi connectivity index (χ3n) is 2.38. The molecule has 0 heterocycles. The van der Waals surface area contributed by atoms with E-state index >= 15 is 0 Å². The second kappa shape index (κ2) is 7.38. The van der Waals surface area contributed by atoms with Crippen molar-refractivity contribution in [3.05, 3.63) is 23.8 Å². The third kappa shape index (κ3) is 5.69. The van der Waals surface area contributed by atoms with Gasteiger partial charge in [0.2, 0.25) is 0 Å². The number of ether oxygens (including phenoxy) is 2. The first kappa shape index (κ1) is 17.4. The van der Waals surface area contributed by atoms with E-state index in [1.807, 2.05) is 19.6 Å². The van der Waals surface area contributed by atoms with Gasteiger partial charge in [-0.15, -0.1) is 0 Å². The van der Waals surface area contributed by atoms with Gasteiger partial charge in [-0.1, -0.05) is 6.07 Å². The fourth-order valence-electron chi connectivity index (χ4n) is 1.67. The van der Waals surface area contributed by atoms with Gasteiger partial charge in [-0.3, -0.25) is 0 Å². The molecule has 0 N–H and O–H groups in total. The summed E-state index contributed by atoms with van der Waals surface area (Å²) < 4.78 is 40.1. The van der Waals surface area contributed by atoms with Crippen LogP contribution in [0.2, 0.25) is 19.6 Å². The van der Waals surface area contributed by atoms with Crippen molar-refractivity contribution in [2.75, 3.05) is 6.61 Å². The van der Waals surface area contributed by atoms with E-state index in [1.165, 1.54) is 18.2 Å². The minimum absolute atomic E-state index is 0.0553. The van der Waals surface area contributed by atoms with E-state index in [2.05, 4.69) is 10.8 Å². The normalized spacial score (nSPS) is 12.9. The lowest BCUT2D eigenvalue weighted by atomic mass is 10.1. The maximum atomic E-state index is 12.3. The number of hydrogen-bond donors (Lipinski definition) is 0. The molecule has 0 saturated carbocycles. The Balaban J connectivity index is 3.08. The average molecular weight is 315 g/mol. The SMILES string of the molecule is CCOc1cc(C(C#N)O[Si](C)(C)C)ccc1OC(F)F. The summed E-state index contributed by atoms with van der Waals surface area (Å²) in [7, 11) is -1.91. The molecule has 0 fully saturated rings. The van der Waals surface area contributed by atoms with Crippen molar-refractivity contribution in [1.82, 2.24) is 0 Å². The summed E-state index contributed by atoms with van der Waals surface area (Å²) in [4.78, 5) is 0. The van der Waals surface area contributed by atoms with Gasteiger partial charge in [0, 0.05) is 0 Å². The van der Waals surface area contributed by atoms with E-state index in [9.17, 15) is 14.0 Å². The van der Waals surface area contributed by atoms with Crippen LogP contribution in [0.3, 0.4) is 0 Å². The molecule has 1 atom stereocenters. The highest BCUT2D eigenvalue weighted by Gasteiger charge is 2.23. The van der Waals surface area contributed by atoms with Gasteiger partial charge in [0.25, 0.3) is 0 Å². The topological polar surface area (TPSA) is 51.5 Å². The quantitative estimate of drug-likeness (QED) is 0.711. The van der Waals surface area contributed by atoms with Crippen LogP contribution in [0.4, 0.5) is 8.78 Å². The van der Waals surface area contributed by atoms with Crippen LogP contribution in [0, 0.1) is 11.3 Å². The molecule has 0 aliphatic carbocycles. The molecule has 0 bridgehead atoms. The maximum absolute atomic E-state index is 12.3. The zero-order valence-corrected chi connectivity index (χ0v) is 13.5. The van der Waals surface area contributed by atoms with Gasteiger partial charge in [-0.05, 0) is 44.3 Å². The third-order valence-corrected chi connectivity index (χ3v) is 3.32. The number of hydrogen-bond acceptors (Lipinski definition) is 4. The lowest BCUT2D eigenvalue weighted by Crippen LogP contribution is -2.27. The first-order valence-corrected chi connectivity index (χ1v) is 9.96. The van der Waals surface area contributed by atoms with E-state index in [0.717, 1.165) is 0 Å². The van der Waals surface area contributed by atoms with Crippen molar-refractivity contribution in [3.8, 4) is 17.6 Å². The smallest absolute Gasteiger partial charge is 0.387 e. The molecule has 21 heavy (non-hydrogen) atoms. The molecule has 0 amide bonds. The zero-order valence-electron chi connectivity index (χ0n) is 12.5. The summed E-state index contributed by atoms with van der Waals surface area (Å²) in [5.74, 6) is 0.120. The number of nitriles is 1. The van der Waals surface area contributed by atoms with Crippen LogP contribution < -0.4 is 9.47 Å². The van der Waals surface area contributed by atoms with E-state index in [1.54, 1.807) is 6.92 Å². The molecule has 0 radical (unpaired) electrons. The van der Waals surface area contributed by atoms with Crippen molar-refractivity contribution < 1.29 is 22.7 Å². The highest BCUT2D eigenvalue weighted by atomic mass is 28.4. The molecular weight excluding hydrogens is 296 g/mol. The summed E-state index contributed by atoms with van der Waals surface area (Å²) in [6.45, 7) is 5.01. The highest BCUT2D eigenvalue weighted by molar-refractivity contribution is 6.69. The molecule has 1 aromatic carbocycles. The second-order valence-corrected chi connectivity index (χ2v) is 9.72. The van der Waals surface area contributed by atoms with Crippen molar-refractivity contribution >= 4 is 8.32 Å². The molecule has 0 saturated heterocycles. The largest absolute Gasteiger partial charge is 0.490 e. The van der Waals surface area contributed by atoms with Gasteiger partial charge in [-0.2, -0.15) is 14.0 Å². The Bertz CT molecular complexity index is 512. The predicted molar refractivity (Wildman–Crippen MR) is 77.0 cm³/mol. The standard InChI is InChI=1S/C14H19F2NO3Si/c1-5-18-12-8-10(6-7-11(12)19-14(15)16)13(9-17)20-21(2,3)4/h6-8,13-14H,5H2,1-4H3. The van der Waals surface area contributed by atoms with E-state index in [0.29, 0.717) is 12.2 Å². The highest BCUT2D eigenvalue weighted by Crippen LogP contribution is 2.33. The Morgan fingerprint density at radius 3 is 2.38 bits per heavy atom. The van der Waals surface area contributed by atoms with Crippen LogP contribution in [0.15, 0.2) is 18.2 Å². The number of benzene rings is 1. The fourth-order valence-corrected chi connectivity index (χ4v) is 2.57. The van der Waals surface area contributed by atoms with Gasteiger partial charge in [0.1, 0.15) is 0 Å². The van der Waals surface area contributed by atoms with Crippen LogP contribution in [0.1, 0.15) is 18.6 Å². The predicted octanol–water partition coefficient (Wildman–Crippen LogP) is 4.10. The molecule has 116 valence electrons. The van der Waals surface area contributed by atoms with Gasteiger partial charge in [-0.25, -0.2) is 0 Å². The van der Waals surface area contributed by atoms with Crippen molar-refractivity contribution in [2.45, 2.75) is 39.3 Å². The lowest BCUT2D eigenvalue weighted by Gasteiger charge is -2.22. The number of halogens is 2. The number of nitrogens with zero attached hydrogens (tertiary/aromatic N) is 1. The Hall–Kier alpha value is -1.65. The first-order valence-electron chi connectivity index (χ1n) is 6.55. The summed E-state index contributed by atoms with van der Waals surface area (Å²) in [5, 5.41) is 9.23. The zero-order chi connectivity index (χ0) is 16.0. The van der Waals surface area contributed by atoms with Crippen molar-refractivity contribution in [3.63, 3.8) is 0 Å². The lowest BCUT2D eigenvalue weighted by molar-refractivity contribution is -0.0514. The van der Waals surface area contributed by atoms with Crippen LogP contribution in [0.25, 0.3) is 0 Å².